The van der Waals surface area contributed by atoms with E-state index in [0.29, 0.717) is 5.82 Å². The van der Waals surface area contributed by atoms with Gasteiger partial charge in [0, 0.05) is 11.6 Å². The summed E-state index contributed by atoms with van der Waals surface area (Å²) in [7, 11) is 0. The lowest BCUT2D eigenvalue weighted by atomic mass is 10.1. The Bertz CT molecular complexity index is 572. The number of hydrogen-bond acceptors (Lipinski definition) is 4. The Kier molecular flexibility index (Phi) is 3.93. The molecule has 0 unspecified atom stereocenters. The Hall–Kier alpha value is -1.52. The average molecular weight is 255 g/mol. The van der Waals surface area contributed by atoms with E-state index in [1.54, 1.807) is 6.20 Å². The second-order valence-corrected chi connectivity index (χ2v) is 2.99. The van der Waals surface area contributed by atoms with E-state index in [1.807, 2.05) is 30.3 Å². The van der Waals surface area contributed by atoms with Crippen LogP contribution in [-0.4, -0.2) is 20.4 Å². The normalized spacial score (nSPS) is 9.50. The molecule has 0 saturated carbocycles. The molecule has 16 heavy (non-hydrogen) atoms. The van der Waals surface area contributed by atoms with Gasteiger partial charge in [-0.15, -0.1) is 35.0 Å². The largest absolute Gasteiger partial charge is 0.234 e. The molecule has 6 heteroatoms. The highest BCUT2D eigenvalue weighted by molar-refractivity contribution is 5.92. The first-order chi connectivity index (χ1) is 6.95. The van der Waals surface area contributed by atoms with Crippen molar-refractivity contribution in [3.8, 4) is 11.5 Å². The molecule has 0 aromatic heterocycles. The van der Waals surface area contributed by atoms with Crippen molar-refractivity contribution in [2.45, 2.75) is 0 Å². The first-order valence-electron chi connectivity index (χ1n) is 4.28. The van der Waals surface area contributed by atoms with Crippen LogP contribution in [0, 0.1) is 0 Å². The van der Waals surface area contributed by atoms with Crippen LogP contribution in [-0.2, 0) is 0 Å². The van der Waals surface area contributed by atoms with Gasteiger partial charge in [0.15, 0.2) is 0 Å². The van der Waals surface area contributed by atoms with Gasteiger partial charge in [0.1, 0.15) is 5.69 Å². The van der Waals surface area contributed by atoms with Crippen LogP contribution in [0.3, 0.4) is 0 Å². The van der Waals surface area contributed by atoms with E-state index in [1.165, 1.54) is 0 Å². The van der Waals surface area contributed by atoms with Crippen molar-refractivity contribution >= 4 is 35.6 Å². The number of hydrogen-bond donors (Lipinski definition) is 0. The van der Waals surface area contributed by atoms with E-state index in [9.17, 15) is 0 Å². The van der Waals surface area contributed by atoms with E-state index in [0.717, 1.165) is 16.5 Å². The molecule has 0 spiro atoms. The van der Waals surface area contributed by atoms with Gasteiger partial charge in [-0.05, 0) is 16.7 Å². The van der Waals surface area contributed by atoms with Crippen molar-refractivity contribution in [2.24, 2.45) is 0 Å². The molecule has 1 aromatic rings. The van der Waals surface area contributed by atoms with Crippen LogP contribution in [0.2, 0.25) is 0 Å². The predicted molar refractivity (Wildman–Crippen MR) is 66.2 cm³/mol. The van der Waals surface area contributed by atoms with Crippen molar-refractivity contribution in [2.75, 3.05) is 0 Å². The van der Waals surface area contributed by atoms with Crippen molar-refractivity contribution in [1.82, 2.24) is 20.4 Å². The van der Waals surface area contributed by atoms with Gasteiger partial charge in [-0.2, -0.15) is 0 Å². The zero-order valence-electron chi connectivity index (χ0n) is 8.07. The minimum absolute atomic E-state index is 0. The number of aromatic nitrogens is 4. The van der Waals surface area contributed by atoms with Crippen LogP contribution < -0.4 is 0 Å². The van der Waals surface area contributed by atoms with E-state index < -0.39 is 0 Å². The third-order valence-electron chi connectivity index (χ3n) is 2.16. The summed E-state index contributed by atoms with van der Waals surface area (Å²) in [6.07, 6.45) is 1.72. The Morgan fingerprint density at radius 1 is 0.875 bits per heavy atom. The summed E-state index contributed by atoms with van der Waals surface area (Å²) in [4.78, 5) is 4.14. The molecule has 2 aliphatic rings. The maximum Gasteiger partial charge on any atom is 0.204 e. The molecule has 0 atom stereocenters. The van der Waals surface area contributed by atoms with Gasteiger partial charge in [-0.25, -0.2) is 4.98 Å². The lowest BCUT2D eigenvalue weighted by Gasteiger charge is -1.91. The third-order valence-corrected chi connectivity index (χ3v) is 2.16. The molecular weight excluding hydrogens is 247 g/mol. The fourth-order valence-electron chi connectivity index (χ4n) is 1.51. The molecule has 82 valence electrons. The second-order valence-electron chi connectivity index (χ2n) is 2.99. The van der Waals surface area contributed by atoms with Gasteiger partial charge >= 0.3 is 0 Å². The average Bonchev–Trinajstić information content (AvgIpc) is 2.61. The van der Waals surface area contributed by atoms with Crippen LogP contribution in [0.4, 0.5) is 0 Å². The zero-order valence-corrected chi connectivity index (χ0v) is 9.70. The summed E-state index contributed by atoms with van der Waals surface area (Å²) in [6, 6.07) is 9.91. The summed E-state index contributed by atoms with van der Waals surface area (Å²) in [5, 5.41) is 13.5. The van der Waals surface area contributed by atoms with Crippen molar-refractivity contribution in [3.05, 3.63) is 36.5 Å². The molecule has 1 aromatic carbocycles. The quantitative estimate of drug-likeness (QED) is 0.618. The number of fused-ring (bicyclic) bond motifs is 3. The third kappa shape index (κ3) is 1.89. The molecule has 0 bridgehead atoms. The summed E-state index contributed by atoms with van der Waals surface area (Å²) < 4.78 is 0. The molecule has 0 aliphatic carbocycles. The summed E-state index contributed by atoms with van der Waals surface area (Å²) >= 11 is 0. The Labute approximate surface area is 104 Å². The molecular formula is C10H8Cl2N4. The van der Waals surface area contributed by atoms with E-state index in [2.05, 4.69) is 20.4 Å². The maximum atomic E-state index is 4.14. The standard InChI is InChI=1S/C10H6N4.2ClH/c1-2-4-8-7(3-1)5-6-11-10-9(8)12-14-13-10;;/h1-6H;2*1H. The van der Waals surface area contributed by atoms with Gasteiger partial charge in [0.05, 0.1) is 0 Å². The molecule has 0 amide bonds. The molecule has 3 rings (SSSR count). The summed E-state index contributed by atoms with van der Waals surface area (Å²) in [6.45, 7) is 0. The van der Waals surface area contributed by atoms with Gasteiger partial charge in [0.25, 0.3) is 0 Å². The summed E-state index contributed by atoms with van der Waals surface area (Å²) in [5.41, 5.74) is 0.755. The maximum absolute atomic E-state index is 4.14. The van der Waals surface area contributed by atoms with E-state index >= 15 is 0 Å². The Balaban J connectivity index is 0.000000640. The summed E-state index contributed by atoms with van der Waals surface area (Å²) in [5.74, 6) is 0.589. The molecule has 0 saturated heterocycles. The lowest BCUT2D eigenvalue weighted by Crippen LogP contribution is -1.78. The van der Waals surface area contributed by atoms with Gasteiger partial charge in [-0.1, -0.05) is 24.3 Å². The monoisotopic (exact) mass is 254 g/mol. The minimum atomic E-state index is 0. The molecule has 2 aliphatic heterocycles. The first kappa shape index (κ1) is 12.5. The van der Waals surface area contributed by atoms with Gasteiger partial charge in [0.2, 0.25) is 5.82 Å². The number of benzene rings is 1. The molecule has 0 radical (unpaired) electrons. The minimum Gasteiger partial charge on any atom is -0.234 e. The highest BCUT2D eigenvalue weighted by atomic mass is 35.5. The molecule has 0 fully saturated rings. The van der Waals surface area contributed by atoms with Crippen LogP contribution >= 0.6 is 24.8 Å². The number of rotatable bonds is 0. The van der Waals surface area contributed by atoms with E-state index in [4.69, 9.17) is 0 Å². The van der Waals surface area contributed by atoms with Crippen LogP contribution in [0.5, 0.6) is 0 Å². The molecule has 2 heterocycles. The SMILES string of the molecule is Cl.Cl.c1ccc2c3nnnc-3nccc2c1. The Morgan fingerprint density at radius 3 is 2.56 bits per heavy atom. The highest BCUT2D eigenvalue weighted by Crippen LogP contribution is 2.22. The van der Waals surface area contributed by atoms with Crippen molar-refractivity contribution < 1.29 is 0 Å². The Morgan fingerprint density at radius 2 is 1.69 bits per heavy atom. The lowest BCUT2D eigenvalue weighted by molar-refractivity contribution is 0.946. The van der Waals surface area contributed by atoms with E-state index in [-0.39, 0.29) is 24.8 Å². The molecule has 0 N–H and O–H groups in total. The zero-order chi connectivity index (χ0) is 9.38. The van der Waals surface area contributed by atoms with Crippen molar-refractivity contribution in [3.63, 3.8) is 0 Å². The highest BCUT2D eigenvalue weighted by Gasteiger charge is 2.09. The van der Waals surface area contributed by atoms with Crippen molar-refractivity contribution in [1.29, 1.82) is 0 Å². The molecule has 4 nitrogen and oxygen atoms in total. The first-order valence-corrected chi connectivity index (χ1v) is 4.28. The van der Waals surface area contributed by atoms with Gasteiger partial charge < -0.3 is 0 Å². The smallest absolute Gasteiger partial charge is 0.204 e. The van der Waals surface area contributed by atoms with Crippen LogP contribution in [0.1, 0.15) is 0 Å². The predicted octanol–water partition coefficient (Wildman–Crippen LogP) is 2.37. The fourth-order valence-corrected chi connectivity index (χ4v) is 1.51. The fraction of sp³-hybridized carbons (Fsp3) is 0. The van der Waals surface area contributed by atoms with Gasteiger partial charge in [-0.3, -0.25) is 0 Å². The van der Waals surface area contributed by atoms with Crippen LogP contribution in [0.15, 0.2) is 36.5 Å². The number of halogens is 2. The topological polar surface area (TPSA) is 51.6 Å². The number of nitrogens with zero attached hydrogens (tertiary/aromatic N) is 4. The second kappa shape index (κ2) is 5.01. The van der Waals surface area contributed by atoms with Crippen LogP contribution in [0.25, 0.3) is 22.3 Å².